The number of ether oxygens (including phenoxy) is 1. The average molecular weight is 183 g/mol. The lowest BCUT2D eigenvalue weighted by Crippen LogP contribution is -2.35. The van der Waals surface area contributed by atoms with E-state index < -0.39 is 0 Å². The molecule has 0 aromatic heterocycles. The summed E-state index contributed by atoms with van der Waals surface area (Å²) in [5.74, 6) is 1.76. The van der Waals surface area contributed by atoms with Crippen LogP contribution >= 0.6 is 0 Å². The van der Waals surface area contributed by atoms with Crippen LogP contribution in [0.2, 0.25) is 0 Å². The minimum Gasteiger partial charge on any atom is -0.381 e. The molecule has 2 saturated heterocycles. The van der Waals surface area contributed by atoms with Crippen molar-refractivity contribution in [1.82, 2.24) is 4.90 Å². The maximum absolute atomic E-state index is 5.58. The van der Waals surface area contributed by atoms with Crippen LogP contribution in [-0.4, -0.2) is 37.2 Å². The van der Waals surface area contributed by atoms with Crippen molar-refractivity contribution in [3.63, 3.8) is 0 Å². The second-order valence-corrected chi connectivity index (χ2v) is 4.35. The highest BCUT2D eigenvalue weighted by Crippen LogP contribution is 2.36. The molecule has 0 aliphatic carbocycles. The molecule has 76 valence electrons. The van der Waals surface area contributed by atoms with Crippen LogP contribution in [0.15, 0.2) is 0 Å². The van der Waals surface area contributed by atoms with E-state index in [1.54, 1.807) is 0 Å². The van der Waals surface area contributed by atoms with E-state index in [1.165, 1.54) is 25.9 Å². The Hall–Kier alpha value is -0.0800. The number of fused-ring (bicyclic) bond motifs is 1. The fraction of sp³-hybridized carbons (Fsp3) is 1.00. The number of rotatable bonds is 2. The Morgan fingerprint density at radius 3 is 2.92 bits per heavy atom. The zero-order chi connectivity index (χ0) is 9.26. The Balaban J connectivity index is 2.05. The average Bonchev–Trinajstić information content (AvgIpc) is 2.55. The first-order valence-corrected chi connectivity index (χ1v) is 5.68. The van der Waals surface area contributed by atoms with Gasteiger partial charge in [-0.1, -0.05) is 13.8 Å². The Bertz CT molecular complexity index is 167. The normalized spacial score (nSPS) is 40.6. The lowest BCUT2D eigenvalue weighted by molar-refractivity contribution is 0.0237. The Morgan fingerprint density at radius 2 is 2.23 bits per heavy atom. The number of nitrogens with zero attached hydrogens (tertiary/aromatic N) is 1. The van der Waals surface area contributed by atoms with Crippen LogP contribution in [0, 0.1) is 11.8 Å². The molecule has 2 aliphatic heterocycles. The molecule has 2 nitrogen and oxygen atoms in total. The molecule has 13 heavy (non-hydrogen) atoms. The van der Waals surface area contributed by atoms with Gasteiger partial charge >= 0.3 is 0 Å². The molecule has 0 aromatic rings. The minimum absolute atomic E-state index is 0.801. The van der Waals surface area contributed by atoms with Gasteiger partial charge in [0.2, 0.25) is 0 Å². The van der Waals surface area contributed by atoms with Crippen molar-refractivity contribution < 1.29 is 4.74 Å². The summed E-state index contributed by atoms with van der Waals surface area (Å²) < 4.78 is 5.58. The van der Waals surface area contributed by atoms with E-state index >= 15 is 0 Å². The van der Waals surface area contributed by atoms with Gasteiger partial charge in [-0.3, -0.25) is 0 Å². The fourth-order valence-corrected chi connectivity index (χ4v) is 3.09. The molecule has 0 amide bonds. The molecule has 0 saturated carbocycles. The highest BCUT2D eigenvalue weighted by atomic mass is 16.5. The van der Waals surface area contributed by atoms with Gasteiger partial charge in [0.25, 0.3) is 0 Å². The molecule has 0 aromatic carbocycles. The first-order chi connectivity index (χ1) is 6.36. The highest BCUT2D eigenvalue weighted by Gasteiger charge is 2.41. The van der Waals surface area contributed by atoms with E-state index in [0.717, 1.165) is 31.1 Å². The molecule has 0 bridgehead atoms. The van der Waals surface area contributed by atoms with Crippen molar-refractivity contribution >= 4 is 0 Å². The second-order valence-electron chi connectivity index (χ2n) is 4.35. The summed E-state index contributed by atoms with van der Waals surface area (Å²) in [6, 6.07) is 0.801. The lowest BCUT2D eigenvalue weighted by Gasteiger charge is -2.29. The van der Waals surface area contributed by atoms with Crippen LogP contribution in [0.4, 0.5) is 0 Å². The Kier molecular flexibility index (Phi) is 2.89. The molecule has 3 atom stereocenters. The third-order valence-corrected chi connectivity index (χ3v) is 3.81. The zero-order valence-electron chi connectivity index (χ0n) is 8.83. The van der Waals surface area contributed by atoms with Gasteiger partial charge in [0.15, 0.2) is 0 Å². The maximum atomic E-state index is 5.58. The smallest absolute Gasteiger partial charge is 0.0512 e. The van der Waals surface area contributed by atoms with Crippen LogP contribution in [-0.2, 0) is 4.74 Å². The van der Waals surface area contributed by atoms with Crippen molar-refractivity contribution in [3.8, 4) is 0 Å². The Morgan fingerprint density at radius 1 is 1.38 bits per heavy atom. The van der Waals surface area contributed by atoms with Gasteiger partial charge in [-0.15, -0.1) is 0 Å². The predicted molar refractivity (Wildman–Crippen MR) is 53.7 cm³/mol. The molecule has 2 heterocycles. The molecule has 2 heteroatoms. The van der Waals surface area contributed by atoms with Gasteiger partial charge in [0.1, 0.15) is 0 Å². The third-order valence-electron chi connectivity index (χ3n) is 3.81. The van der Waals surface area contributed by atoms with Crippen LogP contribution in [0.5, 0.6) is 0 Å². The molecular weight excluding hydrogens is 162 g/mol. The monoisotopic (exact) mass is 183 g/mol. The standard InChI is InChI=1S/C11H21NO/c1-3-11-10-8-13-6-5-9(10)7-12(11)4-2/h9-11H,3-8H2,1-2H3. The van der Waals surface area contributed by atoms with Gasteiger partial charge in [0, 0.05) is 25.1 Å². The van der Waals surface area contributed by atoms with Gasteiger partial charge in [-0.25, -0.2) is 0 Å². The van der Waals surface area contributed by atoms with Crippen molar-refractivity contribution in [3.05, 3.63) is 0 Å². The van der Waals surface area contributed by atoms with Gasteiger partial charge in [-0.05, 0) is 25.3 Å². The lowest BCUT2D eigenvalue weighted by atomic mass is 9.86. The van der Waals surface area contributed by atoms with Crippen LogP contribution < -0.4 is 0 Å². The Labute approximate surface area is 81.3 Å². The van der Waals surface area contributed by atoms with E-state index in [9.17, 15) is 0 Å². The maximum Gasteiger partial charge on any atom is 0.0512 e. The highest BCUT2D eigenvalue weighted by molar-refractivity contribution is 4.93. The van der Waals surface area contributed by atoms with Gasteiger partial charge < -0.3 is 9.64 Å². The molecule has 2 fully saturated rings. The molecule has 0 radical (unpaired) electrons. The number of hydrogen-bond acceptors (Lipinski definition) is 2. The zero-order valence-corrected chi connectivity index (χ0v) is 8.83. The van der Waals surface area contributed by atoms with E-state index in [4.69, 9.17) is 4.74 Å². The van der Waals surface area contributed by atoms with E-state index in [1.807, 2.05) is 0 Å². The second kappa shape index (κ2) is 3.97. The first kappa shape index (κ1) is 9.47. The van der Waals surface area contributed by atoms with Crippen molar-refractivity contribution in [2.75, 3.05) is 26.3 Å². The van der Waals surface area contributed by atoms with Crippen LogP contribution in [0.1, 0.15) is 26.7 Å². The summed E-state index contributed by atoms with van der Waals surface area (Å²) in [7, 11) is 0. The van der Waals surface area contributed by atoms with E-state index in [2.05, 4.69) is 18.7 Å². The van der Waals surface area contributed by atoms with Crippen molar-refractivity contribution in [2.24, 2.45) is 11.8 Å². The molecule has 0 N–H and O–H groups in total. The van der Waals surface area contributed by atoms with Gasteiger partial charge in [-0.2, -0.15) is 0 Å². The molecule has 0 spiro atoms. The van der Waals surface area contributed by atoms with Crippen molar-refractivity contribution in [1.29, 1.82) is 0 Å². The topological polar surface area (TPSA) is 12.5 Å². The predicted octanol–water partition coefficient (Wildman–Crippen LogP) is 1.75. The summed E-state index contributed by atoms with van der Waals surface area (Å²) in [5, 5.41) is 0. The summed E-state index contributed by atoms with van der Waals surface area (Å²) in [5.41, 5.74) is 0. The minimum atomic E-state index is 0.801. The molecule has 2 rings (SSSR count). The van der Waals surface area contributed by atoms with Crippen molar-refractivity contribution in [2.45, 2.75) is 32.7 Å². The van der Waals surface area contributed by atoms with Gasteiger partial charge in [0.05, 0.1) is 6.61 Å². The summed E-state index contributed by atoms with van der Waals surface area (Å²) in [4.78, 5) is 2.64. The summed E-state index contributed by atoms with van der Waals surface area (Å²) in [6.45, 7) is 9.13. The number of likely N-dealkylation sites (tertiary alicyclic amines) is 1. The third kappa shape index (κ3) is 1.62. The van der Waals surface area contributed by atoms with Crippen LogP contribution in [0.3, 0.4) is 0 Å². The largest absolute Gasteiger partial charge is 0.381 e. The van der Waals surface area contributed by atoms with E-state index in [0.29, 0.717) is 0 Å². The molecule has 2 aliphatic rings. The summed E-state index contributed by atoms with van der Waals surface area (Å²) >= 11 is 0. The van der Waals surface area contributed by atoms with E-state index in [-0.39, 0.29) is 0 Å². The SMILES string of the molecule is CCC1C2COCCC2CN1CC. The van der Waals surface area contributed by atoms with Crippen LogP contribution in [0.25, 0.3) is 0 Å². The molecular formula is C11H21NO. The summed E-state index contributed by atoms with van der Waals surface area (Å²) in [6.07, 6.45) is 2.58. The number of hydrogen-bond donors (Lipinski definition) is 0. The fourth-order valence-electron chi connectivity index (χ4n) is 3.09. The quantitative estimate of drug-likeness (QED) is 0.646. The first-order valence-electron chi connectivity index (χ1n) is 5.68. The molecule has 3 unspecified atom stereocenters.